The lowest BCUT2D eigenvalue weighted by Gasteiger charge is -2.18. The van der Waals surface area contributed by atoms with Crippen molar-refractivity contribution in [3.8, 4) is 0 Å². The Bertz CT molecular complexity index is 794. The first-order chi connectivity index (χ1) is 12.2. The normalized spacial score (nSPS) is 11.9. The van der Waals surface area contributed by atoms with Gasteiger partial charge in [0.15, 0.2) is 0 Å². The molecule has 1 atom stereocenters. The van der Waals surface area contributed by atoms with E-state index in [1.807, 2.05) is 30.3 Å². The third kappa shape index (κ3) is 5.15. The van der Waals surface area contributed by atoms with E-state index in [1.54, 1.807) is 29.3 Å². The monoisotopic (exact) mass is 356 g/mol. The SMILES string of the molecule is O=C(CSc1ccc(F)cc1)NC(Cn1nccn1)c1ccccc1. The molecule has 3 rings (SSSR count). The van der Waals surface area contributed by atoms with E-state index in [9.17, 15) is 9.18 Å². The van der Waals surface area contributed by atoms with Crippen LogP contribution in [0.5, 0.6) is 0 Å². The van der Waals surface area contributed by atoms with E-state index in [-0.39, 0.29) is 23.5 Å². The summed E-state index contributed by atoms with van der Waals surface area (Å²) in [7, 11) is 0. The third-order valence-electron chi connectivity index (χ3n) is 3.53. The van der Waals surface area contributed by atoms with Crippen molar-refractivity contribution >= 4 is 17.7 Å². The van der Waals surface area contributed by atoms with Gasteiger partial charge in [0, 0.05) is 4.90 Å². The number of benzene rings is 2. The van der Waals surface area contributed by atoms with Gasteiger partial charge in [-0.2, -0.15) is 15.0 Å². The molecule has 0 fully saturated rings. The van der Waals surface area contributed by atoms with Crippen molar-refractivity contribution in [2.24, 2.45) is 0 Å². The zero-order valence-electron chi connectivity index (χ0n) is 13.4. The summed E-state index contributed by atoms with van der Waals surface area (Å²) in [6, 6.07) is 15.6. The number of nitrogens with zero attached hydrogens (tertiary/aromatic N) is 3. The minimum atomic E-state index is -0.287. The van der Waals surface area contributed by atoms with Crippen LogP contribution in [0.3, 0.4) is 0 Å². The highest BCUT2D eigenvalue weighted by atomic mass is 32.2. The zero-order valence-corrected chi connectivity index (χ0v) is 14.2. The van der Waals surface area contributed by atoms with Crippen LogP contribution in [0.4, 0.5) is 4.39 Å². The van der Waals surface area contributed by atoms with Gasteiger partial charge in [0.05, 0.1) is 30.7 Å². The van der Waals surface area contributed by atoms with E-state index in [2.05, 4.69) is 15.5 Å². The summed E-state index contributed by atoms with van der Waals surface area (Å²) in [5.74, 6) is -0.137. The summed E-state index contributed by atoms with van der Waals surface area (Å²) < 4.78 is 12.9. The molecule has 0 bridgehead atoms. The average molecular weight is 356 g/mol. The fourth-order valence-electron chi connectivity index (χ4n) is 2.34. The minimum absolute atomic E-state index is 0.102. The van der Waals surface area contributed by atoms with E-state index in [0.717, 1.165) is 10.5 Å². The van der Waals surface area contributed by atoms with E-state index in [1.165, 1.54) is 23.9 Å². The predicted molar refractivity (Wildman–Crippen MR) is 94.5 cm³/mol. The van der Waals surface area contributed by atoms with Crippen LogP contribution >= 0.6 is 11.8 Å². The van der Waals surface area contributed by atoms with Crippen LogP contribution < -0.4 is 5.32 Å². The topological polar surface area (TPSA) is 59.8 Å². The largest absolute Gasteiger partial charge is 0.347 e. The molecule has 3 aromatic rings. The highest BCUT2D eigenvalue weighted by molar-refractivity contribution is 8.00. The van der Waals surface area contributed by atoms with Crippen molar-refractivity contribution in [3.05, 3.63) is 78.4 Å². The van der Waals surface area contributed by atoms with Gasteiger partial charge in [-0.15, -0.1) is 11.8 Å². The Kier molecular flexibility index (Phi) is 5.79. The molecule has 0 radical (unpaired) electrons. The van der Waals surface area contributed by atoms with Gasteiger partial charge in [-0.05, 0) is 29.8 Å². The summed E-state index contributed by atoms with van der Waals surface area (Å²) in [6.45, 7) is 0.448. The standard InChI is InChI=1S/C18H17FN4OS/c19-15-6-8-16(9-7-15)25-13-18(24)22-17(12-23-20-10-11-21-23)14-4-2-1-3-5-14/h1-11,17H,12-13H2,(H,22,24). The number of hydrogen-bond acceptors (Lipinski definition) is 4. The van der Waals surface area contributed by atoms with Crippen LogP contribution in [0.1, 0.15) is 11.6 Å². The Morgan fingerprint density at radius 1 is 1.08 bits per heavy atom. The van der Waals surface area contributed by atoms with Gasteiger partial charge in [-0.3, -0.25) is 4.79 Å². The Balaban J connectivity index is 1.62. The summed E-state index contributed by atoms with van der Waals surface area (Å²) >= 11 is 1.37. The molecule has 1 aromatic heterocycles. The van der Waals surface area contributed by atoms with Gasteiger partial charge in [0.25, 0.3) is 0 Å². The molecule has 1 heterocycles. The second-order valence-corrected chi connectivity index (χ2v) is 6.41. The first-order valence-electron chi connectivity index (χ1n) is 7.77. The van der Waals surface area contributed by atoms with E-state index in [0.29, 0.717) is 6.54 Å². The van der Waals surface area contributed by atoms with Gasteiger partial charge >= 0.3 is 0 Å². The number of aromatic nitrogens is 3. The van der Waals surface area contributed by atoms with Crippen LogP contribution in [0.25, 0.3) is 0 Å². The minimum Gasteiger partial charge on any atom is -0.347 e. The maximum absolute atomic E-state index is 12.9. The molecule has 7 heteroatoms. The summed E-state index contributed by atoms with van der Waals surface area (Å²) in [4.78, 5) is 14.7. The van der Waals surface area contributed by atoms with Crippen molar-refractivity contribution in [3.63, 3.8) is 0 Å². The number of halogens is 1. The molecule has 5 nitrogen and oxygen atoms in total. The number of amides is 1. The first kappa shape index (κ1) is 17.2. The maximum Gasteiger partial charge on any atom is 0.230 e. The molecule has 0 saturated carbocycles. The molecule has 0 aliphatic carbocycles. The average Bonchev–Trinajstić information content (AvgIpc) is 3.15. The molecule has 1 unspecified atom stereocenters. The highest BCUT2D eigenvalue weighted by Gasteiger charge is 2.16. The lowest BCUT2D eigenvalue weighted by Crippen LogP contribution is -2.33. The second kappa shape index (κ2) is 8.43. The van der Waals surface area contributed by atoms with E-state index < -0.39 is 0 Å². The molecule has 128 valence electrons. The number of nitrogens with one attached hydrogen (secondary N) is 1. The number of carbonyl (C=O) groups is 1. The zero-order chi connectivity index (χ0) is 17.5. The Hall–Kier alpha value is -2.67. The van der Waals surface area contributed by atoms with Crippen LogP contribution in [0, 0.1) is 5.82 Å². The smallest absolute Gasteiger partial charge is 0.230 e. The van der Waals surface area contributed by atoms with Crippen molar-refractivity contribution in [2.45, 2.75) is 17.5 Å². The van der Waals surface area contributed by atoms with Gasteiger partial charge in [0.2, 0.25) is 5.91 Å². The van der Waals surface area contributed by atoms with E-state index in [4.69, 9.17) is 0 Å². The van der Waals surface area contributed by atoms with E-state index >= 15 is 0 Å². The second-order valence-electron chi connectivity index (χ2n) is 5.36. The summed E-state index contributed by atoms with van der Waals surface area (Å²) in [5.41, 5.74) is 0.986. The number of carbonyl (C=O) groups excluding carboxylic acids is 1. The fourth-order valence-corrected chi connectivity index (χ4v) is 3.05. The van der Waals surface area contributed by atoms with Gasteiger partial charge in [-0.25, -0.2) is 4.39 Å². The molecule has 0 saturated heterocycles. The molecule has 1 N–H and O–H groups in total. The molecule has 0 spiro atoms. The summed E-state index contributed by atoms with van der Waals surface area (Å²) in [5, 5.41) is 11.2. The highest BCUT2D eigenvalue weighted by Crippen LogP contribution is 2.19. The van der Waals surface area contributed by atoms with Gasteiger partial charge in [0.1, 0.15) is 5.82 Å². The quantitative estimate of drug-likeness (QED) is 0.661. The number of rotatable bonds is 7. The van der Waals surface area contributed by atoms with Crippen molar-refractivity contribution in [2.75, 3.05) is 5.75 Å². The predicted octanol–water partition coefficient (Wildman–Crippen LogP) is 3.07. The third-order valence-corrected chi connectivity index (χ3v) is 4.55. The van der Waals surface area contributed by atoms with Crippen LogP contribution in [0.2, 0.25) is 0 Å². The molecule has 0 aliphatic heterocycles. The van der Waals surface area contributed by atoms with Crippen molar-refractivity contribution in [1.29, 1.82) is 0 Å². The van der Waals surface area contributed by atoms with Crippen LogP contribution in [0.15, 0.2) is 71.9 Å². The Morgan fingerprint density at radius 3 is 2.44 bits per heavy atom. The lowest BCUT2D eigenvalue weighted by atomic mass is 10.1. The Labute approximate surface area is 149 Å². The lowest BCUT2D eigenvalue weighted by molar-refractivity contribution is -0.119. The van der Waals surface area contributed by atoms with Gasteiger partial charge < -0.3 is 5.32 Å². The number of hydrogen-bond donors (Lipinski definition) is 1. The maximum atomic E-state index is 12.9. The van der Waals surface area contributed by atoms with Crippen LogP contribution in [-0.4, -0.2) is 26.7 Å². The van der Waals surface area contributed by atoms with Gasteiger partial charge in [-0.1, -0.05) is 30.3 Å². The van der Waals surface area contributed by atoms with Crippen molar-refractivity contribution < 1.29 is 9.18 Å². The molecular weight excluding hydrogens is 339 g/mol. The molecule has 0 aliphatic rings. The van der Waals surface area contributed by atoms with Crippen molar-refractivity contribution in [1.82, 2.24) is 20.3 Å². The molecule has 25 heavy (non-hydrogen) atoms. The Morgan fingerprint density at radius 2 is 1.76 bits per heavy atom. The van der Waals surface area contributed by atoms with Crippen LogP contribution in [-0.2, 0) is 11.3 Å². The molecular formula is C18H17FN4OS. The molecule has 1 amide bonds. The molecule has 2 aromatic carbocycles. The number of thioether (sulfide) groups is 1. The first-order valence-corrected chi connectivity index (χ1v) is 8.76. The fraction of sp³-hybridized carbons (Fsp3) is 0.167. The summed E-state index contributed by atoms with van der Waals surface area (Å²) in [6.07, 6.45) is 3.21.